The zero-order valence-corrected chi connectivity index (χ0v) is 18.0. The molecule has 1 aromatic carbocycles. The van der Waals surface area contributed by atoms with Gasteiger partial charge in [-0.1, -0.05) is 12.1 Å². The van der Waals surface area contributed by atoms with Crippen LogP contribution in [0.1, 0.15) is 29.1 Å². The maximum Gasteiger partial charge on any atom is 0.257 e. The molecule has 0 aliphatic rings. The molecule has 1 amide bonds. The summed E-state index contributed by atoms with van der Waals surface area (Å²) in [7, 11) is 3.18. The van der Waals surface area contributed by atoms with Crippen LogP contribution in [-0.4, -0.2) is 50.5 Å². The topological polar surface area (TPSA) is 110 Å². The Bertz CT molecular complexity index is 1100. The Labute approximate surface area is 178 Å². The van der Waals surface area contributed by atoms with Crippen LogP contribution in [0.15, 0.2) is 40.7 Å². The van der Waals surface area contributed by atoms with Gasteiger partial charge in [0.05, 0.1) is 17.0 Å². The third-order valence-electron chi connectivity index (χ3n) is 4.59. The first-order valence-electron chi connectivity index (χ1n) is 9.30. The number of anilines is 2. The van der Waals surface area contributed by atoms with Gasteiger partial charge in [-0.25, -0.2) is 4.99 Å². The Morgan fingerprint density at radius 3 is 2.50 bits per heavy atom. The highest BCUT2D eigenvalue weighted by atomic mass is 32.1. The van der Waals surface area contributed by atoms with E-state index in [0.29, 0.717) is 12.3 Å². The maximum atomic E-state index is 12.3. The van der Waals surface area contributed by atoms with E-state index in [1.54, 1.807) is 33.2 Å². The first-order chi connectivity index (χ1) is 14.3. The van der Waals surface area contributed by atoms with E-state index in [1.165, 1.54) is 26.9 Å². The Morgan fingerprint density at radius 2 is 1.90 bits per heavy atom. The second-order valence-electron chi connectivity index (χ2n) is 6.82. The molecule has 0 saturated heterocycles. The number of hydrogen-bond donors (Lipinski definition) is 4. The van der Waals surface area contributed by atoms with E-state index in [-0.39, 0.29) is 46.0 Å². The molecule has 4 N–H and O–H groups in total. The Kier molecular flexibility index (Phi) is 6.02. The molecule has 0 radical (unpaired) electrons. The summed E-state index contributed by atoms with van der Waals surface area (Å²) in [5.74, 6) is -1.05. The van der Waals surface area contributed by atoms with E-state index in [4.69, 9.17) is 0 Å². The Balaban J connectivity index is 2.10. The van der Waals surface area contributed by atoms with Crippen LogP contribution in [0, 0.1) is 0 Å². The summed E-state index contributed by atoms with van der Waals surface area (Å²) in [6, 6.07) is 8.51. The minimum atomic E-state index is -0.360. The number of benzene rings is 1. The van der Waals surface area contributed by atoms with E-state index >= 15 is 0 Å². The number of aliphatic imine (C=N–C) groups is 1. The third kappa shape index (κ3) is 3.84. The van der Waals surface area contributed by atoms with Crippen LogP contribution in [0.25, 0.3) is 0 Å². The number of aromatic hydroxyl groups is 3. The van der Waals surface area contributed by atoms with Crippen LogP contribution in [0.5, 0.6) is 17.5 Å². The van der Waals surface area contributed by atoms with Gasteiger partial charge in [0.2, 0.25) is 11.8 Å². The number of carbonyl (C=O) groups excluding carboxylic acids is 1. The molecule has 8 nitrogen and oxygen atoms in total. The summed E-state index contributed by atoms with van der Waals surface area (Å²) in [6.45, 7) is 3.89. The quantitative estimate of drug-likeness (QED) is 0.346. The molecule has 2 heterocycles. The normalized spacial score (nSPS) is 11.5. The van der Waals surface area contributed by atoms with Crippen molar-refractivity contribution in [2.24, 2.45) is 4.99 Å². The smallest absolute Gasteiger partial charge is 0.257 e. The van der Waals surface area contributed by atoms with Crippen molar-refractivity contribution < 1.29 is 20.1 Å². The second-order valence-corrected chi connectivity index (χ2v) is 7.76. The highest BCUT2D eigenvalue weighted by Gasteiger charge is 2.24. The summed E-state index contributed by atoms with van der Waals surface area (Å²) in [5, 5.41) is 36.8. The van der Waals surface area contributed by atoms with E-state index in [9.17, 15) is 20.1 Å². The number of phenols is 1. The van der Waals surface area contributed by atoms with Gasteiger partial charge >= 0.3 is 0 Å². The van der Waals surface area contributed by atoms with Crippen molar-refractivity contribution in [2.45, 2.75) is 20.4 Å². The molecule has 0 atom stereocenters. The average molecular weight is 429 g/mol. The highest BCUT2D eigenvalue weighted by molar-refractivity contribution is 7.12. The number of hydrogen-bond acceptors (Lipinski definition) is 7. The molecular weight excluding hydrogens is 404 g/mol. The minimum absolute atomic E-state index is 0.114. The lowest BCUT2D eigenvalue weighted by Gasteiger charge is -2.15. The number of aromatic nitrogens is 1. The molecule has 0 unspecified atom stereocenters. The maximum absolute atomic E-state index is 12.3. The lowest BCUT2D eigenvalue weighted by molar-refractivity contribution is 0.0824. The van der Waals surface area contributed by atoms with E-state index < -0.39 is 0 Å². The van der Waals surface area contributed by atoms with Crippen LogP contribution >= 0.6 is 11.3 Å². The SMILES string of the molecule is CCn1c(O)c(N=C(C)c2cccs2)c(Nc2cccc(C(=O)N(C)C)c2O)c1O. The summed E-state index contributed by atoms with van der Waals surface area (Å²) in [4.78, 5) is 19.1. The van der Waals surface area contributed by atoms with Crippen molar-refractivity contribution in [2.75, 3.05) is 19.4 Å². The standard InChI is InChI=1S/C21H24N4O4S/c1-5-25-20(28)16(22-12(2)15-10-7-11-30-15)17(21(25)29)23-14-9-6-8-13(18(14)26)19(27)24(3)4/h6-11,23,26,28-29H,5H2,1-4H3. The lowest BCUT2D eigenvalue weighted by Crippen LogP contribution is -2.21. The van der Waals surface area contributed by atoms with Gasteiger partial charge in [0, 0.05) is 25.5 Å². The minimum Gasteiger partial charge on any atom is -0.505 e. The molecule has 158 valence electrons. The zero-order chi connectivity index (χ0) is 22.0. The number of amides is 1. The largest absolute Gasteiger partial charge is 0.505 e. The van der Waals surface area contributed by atoms with Gasteiger partial charge in [0.25, 0.3) is 5.91 Å². The number of nitrogens with zero attached hydrogens (tertiary/aromatic N) is 3. The number of nitrogens with one attached hydrogen (secondary N) is 1. The molecule has 3 rings (SSSR count). The summed E-state index contributed by atoms with van der Waals surface area (Å²) in [6.07, 6.45) is 0. The monoisotopic (exact) mass is 428 g/mol. The predicted octanol–water partition coefficient (Wildman–Crippen LogP) is 4.27. The second kappa shape index (κ2) is 8.50. The molecule has 2 aromatic heterocycles. The van der Waals surface area contributed by atoms with Gasteiger partial charge in [-0.15, -0.1) is 11.3 Å². The van der Waals surface area contributed by atoms with Crippen molar-refractivity contribution in [3.63, 3.8) is 0 Å². The van der Waals surface area contributed by atoms with Crippen LogP contribution in [0.2, 0.25) is 0 Å². The summed E-state index contributed by atoms with van der Waals surface area (Å²) in [5.41, 5.74) is 1.26. The van der Waals surface area contributed by atoms with Crippen LogP contribution in [0.3, 0.4) is 0 Å². The van der Waals surface area contributed by atoms with E-state index in [2.05, 4.69) is 10.3 Å². The summed E-state index contributed by atoms with van der Waals surface area (Å²) < 4.78 is 1.30. The molecule has 0 aliphatic carbocycles. The van der Waals surface area contributed by atoms with Gasteiger partial charge in [0.1, 0.15) is 5.69 Å². The fraction of sp³-hybridized carbons (Fsp3) is 0.238. The number of carbonyl (C=O) groups is 1. The molecular formula is C21H24N4O4S. The van der Waals surface area contributed by atoms with Crippen molar-refractivity contribution >= 4 is 40.0 Å². The van der Waals surface area contributed by atoms with Gasteiger partial charge < -0.3 is 25.5 Å². The molecule has 0 bridgehead atoms. The lowest BCUT2D eigenvalue weighted by atomic mass is 10.1. The van der Waals surface area contributed by atoms with E-state index in [1.807, 2.05) is 24.4 Å². The molecule has 9 heteroatoms. The average Bonchev–Trinajstić information content (AvgIpc) is 3.32. The number of rotatable bonds is 6. The van der Waals surface area contributed by atoms with Gasteiger partial charge in [-0.05, 0) is 37.4 Å². The Hall–Kier alpha value is -3.46. The van der Waals surface area contributed by atoms with Crippen molar-refractivity contribution in [3.05, 3.63) is 46.2 Å². The zero-order valence-electron chi connectivity index (χ0n) is 17.2. The van der Waals surface area contributed by atoms with Crippen molar-refractivity contribution in [1.29, 1.82) is 0 Å². The van der Waals surface area contributed by atoms with Crippen molar-refractivity contribution in [3.8, 4) is 17.5 Å². The van der Waals surface area contributed by atoms with Crippen LogP contribution < -0.4 is 5.32 Å². The number of thiophene rings is 1. The van der Waals surface area contributed by atoms with Crippen LogP contribution in [0.4, 0.5) is 17.1 Å². The van der Waals surface area contributed by atoms with Gasteiger partial charge in [-0.3, -0.25) is 9.36 Å². The fourth-order valence-electron chi connectivity index (χ4n) is 3.00. The molecule has 0 fully saturated rings. The molecule has 3 aromatic rings. The van der Waals surface area contributed by atoms with Gasteiger partial charge in [0.15, 0.2) is 11.4 Å². The fourth-order valence-corrected chi connectivity index (χ4v) is 3.68. The number of para-hydroxylation sites is 1. The first-order valence-corrected chi connectivity index (χ1v) is 10.2. The Morgan fingerprint density at radius 1 is 1.17 bits per heavy atom. The first kappa shape index (κ1) is 21.3. The molecule has 0 saturated carbocycles. The highest BCUT2D eigenvalue weighted by Crippen LogP contribution is 2.48. The molecule has 0 spiro atoms. The predicted molar refractivity (Wildman–Crippen MR) is 119 cm³/mol. The molecule has 0 aliphatic heterocycles. The van der Waals surface area contributed by atoms with E-state index in [0.717, 1.165) is 4.88 Å². The third-order valence-corrected chi connectivity index (χ3v) is 5.57. The number of phenolic OH excluding ortho intramolecular Hbond substituents is 1. The summed E-state index contributed by atoms with van der Waals surface area (Å²) >= 11 is 1.51. The van der Waals surface area contributed by atoms with Crippen LogP contribution in [-0.2, 0) is 6.54 Å². The van der Waals surface area contributed by atoms with Crippen molar-refractivity contribution in [1.82, 2.24) is 9.47 Å². The van der Waals surface area contributed by atoms with Gasteiger partial charge in [-0.2, -0.15) is 0 Å². The molecule has 30 heavy (non-hydrogen) atoms.